The molecule has 3 heteroatoms. The van der Waals surface area contributed by atoms with E-state index in [2.05, 4.69) is 80.1 Å². The highest BCUT2D eigenvalue weighted by molar-refractivity contribution is 5.93. The molecule has 0 saturated carbocycles. The molecule has 3 nitrogen and oxygen atoms in total. The van der Waals surface area contributed by atoms with Crippen LogP contribution in [0.4, 0.5) is 0 Å². The minimum absolute atomic E-state index is 0.206. The van der Waals surface area contributed by atoms with Gasteiger partial charge in [0.2, 0.25) is 0 Å². The van der Waals surface area contributed by atoms with Crippen molar-refractivity contribution in [2.45, 2.75) is 32.7 Å². The van der Waals surface area contributed by atoms with Gasteiger partial charge >= 0.3 is 0 Å². The van der Waals surface area contributed by atoms with Gasteiger partial charge in [0.25, 0.3) is 0 Å². The van der Waals surface area contributed by atoms with Crippen LogP contribution in [0.1, 0.15) is 36.1 Å². The molecule has 0 saturated heterocycles. The van der Waals surface area contributed by atoms with E-state index < -0.39 is 0 Å². The van der Waals surface area contributed by atoms with Crippen molar-refractivity contribution in [3.63, 3.8) is 0 Å². The molecule has 2 aromatic rings. The van der Waals surface area contributed by atoms with Gasteiger partial charge in [-0.2, -0.15) is 0 Å². The molecule has 136 valence electrons. The van der Waals surface area contributed by atoms with Gasteiger partial charge in [-0.1, -0.05) is 60.7 Å². The van der Waals surface area contributed by atoms with Crippen molar-refractivity contribution in [2.75, 3.05) is 7.05 Å². The molecule has 0 radical (unpaired) electrons. The second-order valence-electron chi connectivity index (χ2n) is 7.06. The van der Waals surface area contributed by atoms with E-state index in [-0.39, 0.29) is 5.54 Å². The van der Waals surface area contributed by atoms with Crippen LogP contribution in [-0.4, -0.2) is 12.9 Å². The Kier molecular flexibility index (Phi) is 6.40. The van der Waals surface area contributed by atoms with Crippen molar-refractivity contribution >= 4 is 11.5 Å². The van der Waals surface area contributed by atoms with Crippen molar-refractivity contribution in [3.8, 4) is 0 Å². The Morgan fingerprint density at radius 3 is 2.58 bits per heavy atom. The maximum Gasteiger partial charge on any atom is 0.120 e. The zero-order chi connectivity index (χ0) is 19.2. The zero-order valence-electron chi connectivity index (χ0n) is 16.2. The summed E-state index contributed by atoms with van der Waals surface area (Å²) in [4.78, 5) is 4.38. The molecule has 0 atom stereocenters. The Labute approximate surface area is 157 Å². The normalized spacial score (nSPS) is 12.4. The quantitative estimate of drug-likeness (QED) is 0.594. The standard InChI is InChI=1S/C23H29N3/c1-17-9-6-13-21(15-17)23(3,4)26-22(25-5)14-8-11-19-10-7-12-20(16-19)18(2)24/h6-10,12-16H,2,11,24H2,1,3-5H3,(H,25,26)/b14-8-. The maximum absolute atomic E-state index is 5.77. The number of nitrogens with one attached hydrogen (secondary N) is 1. The van der Waals surface area contributed by atoms with Gasteiger partial charge in [-0.05, 0) is 56.0 Å². The Morgan fingerprint density at radius 1 is 1.19 bits per heavy atom. The molecule has 0 unspecified atom stereocenters. The summed E-state index contributed by atoms with van der Waals surface area (Å²) in [5, 5.41) is 3.53. The second kappa shape index (κ2) is 8.52. The van der Waals surface area contributed by atoms with Crippen molar-refractivity contribution in [1.82, 2.24) is 5.32 Å². The minimum atomic E-state index is -0.206. The summed E-state index contributed by atoms with van der Waals surface area (Å²) in [5.41, 5.74) is 10.8. The van der Waals surface area contributed by atoms with E-state index in [0.29, 0.717) is 5.70 Å². The largest absolute Gasteiger partial charge is 0.399 e. The van der Waals surface area contributed by atoms with Gasteiger partial charge < -0.3 is 11.1 Å². The van der Waals surface area contributed by atoms with E-state index in [1.807, 2.05) is 18.2 Å². The first kappa shape index (κ1) is 19.5. The highest BCUT2D eigenvalue weighted by Crippen LogP contribution is 2.21. The second-order valence-corrected chi connectivity index (χ2v) is 7.06. The number of aryl methyl sites for hydroxylation is 1. The van der Waals surface area contributed by atoms with Crippen LogP contribution in [0.5, 0.6) is 0 Å². The molecule has 0 aliphatic heterocycles. The molecule has 0 heterocycles. The van der Waals surface area contributed by atoms with Crippen molar-refractivity contribution < 1.29 is 0 Å². The smallest absolute Gasteiger partial charge is 0.120 e. The summed E-state index contributed by atoms with van der Waals surface area (Å²) >= 11 is 0. The molecule has 2 rings (SSSR count). The fourth-order valence-electron chi connectivity index (χ4n) is 2.80. The Bertz CT molecular complexity index is 829. The fraction of sp³-hybridized carbons (Fsp3) is 0.261. The van der Waals surface area contributed by atoms with E-state index in [1.165, 1.54) is 16.7 Å². The van der Waals surface area contributed by atoms with E-state index in [1.54, 1.807) is 7.05 Å². The average Bonchev–Trinajstić information content (AvgIpc) is 2.61. The lowest BCUT2D eigenvalue weighted by Crippen LogP contribution is -2.40. The highest BCUT2D eigenvalue weighted by Gasteiger charge is 2.20. The van der Waals surface area contributed by atoms with Crippen LogP contribution in [0.25, 0.3) is 5.70 Å². The van der Waals surface area contributed by atoms with Gasteiger partial charge in [0.1, 0.15) is 5.84 Å². The van der Waals surface area contributed by atoms with Gasteiger partial charge in [-0.25, -0.2) is 0 Å². The van der Waals surface area contributed by atoms with Crippen LogP contribution in [-0.2, 0) is 12.0 Å². The summed E-state index contributed by atoms with van der Waals surface area (Å²) in [6.45, 7) is 10.2. The van der Waals surface area contributed by atoms with Gasteiger partial charge in [-0.15, -0.1) is 0 Å². The number of nitrogens with zero attached hydrogens (tertiary/aromatic N) is 1. The predicted molar refractivity (Wildman–Crippen MR) is 113 cm³/mol. The Balaban J connectivity index is 2.06. The number of benzene rings is 2. The van der Waals surface area contributed by atoms with Crippen LogP contribution in [0.15, 0.2) is 72.3 Å². The summed E-state index contributed by atoms with van der Waals surface area (Å²) in [7, 11) is 1.80. The third-order valence-electron chi connectivity index (χ3n) is 4.35. The number of hydrogen-bond donors (Lipinski definition) is 2. The molecule has 2 aromatic carbocycles. The molecule has 26 heavy (non-hydrogen) atoms. The van der Waals surface area contributed by atoms with E-state index in [9.17, 15) is 0 Å². The van der Waals surface area contributed by atoms with Gasteiger partial charge in [0.15, 0.2) is 0 Å². The Morgan fingerprint density at radius 2 is 1.92 bits per heavy atom. The van der Waals surface area contributed by atoms with E-state index >= 15 is 0 Å². The van der Waals surface area contributed by atoms with E-state index in [4.69, 9.17) is 5.73 Å². The number of nitrogens with two attached hydrogens (primary N) is 1. The van der Waals surface area contributed by atoms with Crippen LogP contribution in [0, 0.1) is 6.92 Å². The lowest BCUT2D eigenvalue weighted by molar-refractivity contribution is 0.486. The molecular formula is C23H29N3. The van der Waals surface area contributed by atoms with Gasteiger partial charge in [0, 0.05) is 12.7 Å². The van der Waals surface area contributed by atoms with E-state index in [0.717, 1.165) is 17.8 Å². The number of amidine groups is 1. The predicted octanol–water partition coefficient (Wildman–Crippen LogP) is 4.58. The zero-order valence-corrected chi connectivity index (χ0v) is 16.2. The lowest BCUT2D eigenvalue weighted by atomic mass is 9.93. The molecule has 0 aromatic heterocycles. The van der Waals surface area contributed by atoms with Crippen LogP contribution in [0.2, 0.25) is 0 Å². The molecule has 0 aliphatic carbocycles. The molecule has 0 spiro atoms. The van der Waals surface area contributed by atoms with Crippen molar-refractivity contribution in [3.05, 3.63) is 89.5 Å². The average molecular weight is 348 g/mol. The summed E-state index contributed by atoms with van der Waals surface area (Å²) in [5.74, 6) is 0.857. The fourth-order valence-corrected chi connectivity index (χ4v) is 2.80. The SMILES string of the molecule is C=C(N)c1cccc(C/C=C\C(=NC)NC(C)(C)c2cccc(C)c2)c1. The maximum atomic E-state index is 5.77. The van der Waals surface area contributed by atoms with Crippen LogP contribution >= 0.6 is 0 Å². The van der Waals surface area contributed by atoms with Crippen LogP contribution in [0.3, 0.4) is 0 Å². The first-order valence-corrected chi connectivity index (χ1v) is 8.84. The van der Waals surface area contributed by atoms with Crippen LogP contribution < -0.4 is 11.1 Å². The summed E-state index contributed by atoms with van der Waals surface area (Å²) in [6, 6.07) is 16.7. The van der Waals surface area contributed by atoms with Gasteiger partial charge in [0.05, 0.1) is 5.54 Å². The first-order chi connectivity index (χ1) is 12.3. The molecule has 0 aliphatic rings. The number of allylic oxidation sites excluding steroid dienone is 1. The third-order valence-corrected chi connectivity index (χ3v) is 4.35. The lowest BCUT2D eigenvalue weighted by Gasteiger charge is -2.28. The molecular weight excluding hydrogens is 318 g/mol. The minimum Gasteiger partial charge on any atom is -0.399 e. The molecule has 0 amide bonds. The van der Waals surface area contributed by atoms with Crippen molar-refractivity contribution in [1.29, 1.82) is 0 Å². The molecule has 3 N–H and O–H groups in total. The summed E-state index contributed by atoms with van der Waals surface area (Å²) < 4.78 is 0. The van der Waals surface area contributed by atoms with Crippen molar-refractivity contribution in [2.24, 2.45) is 10.7 Å². The summed E-state index contributed by atoms with van der Waals surface area (Å²) in [6.07, 6.45) is 4.95. The first-order valence-electron chi connectivity index (χ1n) is 8.84. The number of rotatable bonds is 6. The Hall–Kier alpha value is -2.81. The number of aliphatic imine (C=N–C) groups is 1. The molecule has 0 bridgehead atoms. The number of hydrogen-bond acceptors (Lipinski definition) is 2. The van der Waals surface area contributed by atoms with Gasteiger partial charge in [-0.3, -0.25) is 4.99 Å². The molecule has 0 fully saturated rings. The third kappa shape index (κ3) is 5.35. The highest BCUT2D eigenvalue weighted by atomic mass is 15.0. The monoisotopic (exact) mass is 347 g/mol. The topological polar surface area (TPSA) is 50.4 Å².